The van der Waals surface area contributed by atoms with Crippen LogP contribution in [0.3, 0.4) is 0 Å². The highest BCUT2D eigenvalue weighted by molar-refractivity contribution is 5.85. The summed E-state index contributed by atoms with van der Waals surface area (Å²) in [6, 6.07) is 15.6. The molecular weight excluding hydrogens is 516 g/mol. The molecule has 0 saturated carbocycles. The summed E-state index contributed by atoms with van der Waals surface area (Å²) < 4.78 is 6.20. The fraction of sp³-hybridized carbons (Fsp3) is 0.367. The Balaban J connectivity index is 0.00000420. The van der Waals surface area contributed by atoms with E-state index in [9.17, 15) is 14.4 Å². The Morgan fingerprint density at radius 2 is 1.69 bits per heavy atom. The fourth-order valence-corrected chi connectivity index (χ4v) is 4.35. The number of nitrogens with zero attached hydrogens (tertiary/aromatic N) is 3. The highest BCUT2D eigenvalue weighted by Gasteiger charge is 2.24. The highest BCUT2D eigenvalue weighted by atomic mass is 35.5. The minimum atomic E-state index is -0.606. The molecule has 9 heteroatoms. The molecule has 0 aliphatic carbocycles. The molecule has 0 bridgehead atoms. The van der Waals surface area contributed by atoms with Gasteiger partial charge in [-0.05, 0) is 36.5 Å². The number of halogens is 1. The quantitative estimate of drug-likeness (QED) is 0.293. The molecule has 2 aromatic heterocycles. The van der Waals surface area contributed by atoms with E-state index < -0.39 is 11.2 Å². The number of aromatic amines is 1. The predicted molar refractivity (Wildman–Crippen MR) is 154 cm³/mol. The van der Waals surface area contributed by atoms with Gasteiger partial charge in [0.1, 0.15) is 5.82 Å². The molecule has 2 aromatic carbocycles. The Hall–Kier alpha value is -3.78. The Bertz CT molecular complexity index is 1560. The van der Waals surface area contributed by atoms with Crippen LogP contribution in [0.25, 0.3) is 22.5 Å². The van der Waals surface area contributed by atoms with Crippen molar-refractivity contribution in [1.82, 2.24) is 19.7 Å². The van der Waals surface area contributed by atoms with Crippen molar-refractivity contribution in [3.05, 3.63) is 92.1 Å². The van der Waals surface area contributed by atoms with Gasteiger partial charge >= 0.3 is 5.76 Å². The SMILES string of the molecule is CCCCc1nc(C)n(CC(=O)C(C)(C)C)c(=O)c1Cc1ccc(-c2ccccc2-c2noc(=O)[nH]2)cc1.Cl. The standard InChI is InChI=1S/C30H34N4O4.ClH/c1-6-7-12-25-24(28(36)34(19(2)31-25)18-26(35)30(3,4)5)17-20-13-15-21(16-14-20)22-10-8-9-11-23(22)27-32-29(37)38-33-27;/h8-11,13-16H,6-7,12,17-18H2,1-5H3,(H,32,33,37);1H. The summed E-state index contributed by atoms with van der Waals surface area (Å²) in [5, 5.41) is 3.83. The minimum absolute atomic E-state index is 0. The van der Waals surface area contributed by atoms with Crippen LogP contribution in [0.1, 0.15) is 63.2 Å². The normalized spacial score (nSPS) is 11.3. The summed E-state index contributed by atoms with van der Waals surface area (Å²) in [6.07, 6.45) is 3.07. The third kappa shape index (κ3) is 6.81. The molecule has 0 atom stereocenters. The number of carbonyl (C=O) groups is 1. The maximum absolute atomic E-state index is 13.7. The van der Waals surface area contributed by atoms with Crippen molar-refractivity contribution in [3.63, 3.8) is 0 Å². The third-order valence-corrected chi connectivity index (χ3v) is 6.71. The van der Waals surface area contributed by atoms with Gasteiger partial charge < -0.3 is 0 Å². The molecule has 0 aliphatic rings. The second-order valence-corrected chi connectivity index (χ2v) is 10.6. The van der Waals surface area contributed by atoms with Gasteiger partial charge in [0.2, 0.25) is 0 Å². The van der Waals surface area contributed by atoms with Gasteiger partial charge in [-0.25, -0.2) is 9.78 Å². The second-order valence-electron chi connectivity index (χ2n) is 10.6. The van der Waals surface area contributed by atoms with E-state index in [0.717, 1.165) is 47.2 Å². The summed E-state index contributed by atoms with van der Waals surface area (Å²) in [7, 11) is 0. The van der Waals surface area contributed by atoms with Crippen LogP contribution in [0.4, 0.5) is 0 Å². The molecule has 1 N–H and O–H groups in total. The van der Waals surface area contributed by atoms with Crippen molar-refractivity contribution < 1.29 is 9.32 Å². The first-order chi connectivity index (χ1) is 18.1. The van der Waals surface area contributed by atoms with E-state index in [1.54, 1.807) is 6.92 Å². The Morgan fingerprint density at radius 3 is 2.28 bits per heavy atom. The lowest BCUT2D eigenvalue weighted by atomic mass is 9.90. The van der Waals surface area contributed by atoms with E-state index in [1.165, 1.54) is 4.57 Å². The molecule has 8 nitrogen and oxygen atoms in total. The first kappa shape index (κ1) is 29.8. The average Bonchev–Trinajstić information content (AvgIpc) is 3.33. The number of carbonyl (C=O) groups excluding carboxylic acids is 1. The number of rotatable bonds is 9. The fourth-order valence-electron chi connectivity index (χ4n) is 4.35. The maximum atomic E-state index is 13.7. The highest BCUT2D eigenvalue weighted by Crippen LogP contribution is 2.30. The van der Waals surface area contributed by atoms with Crippen molar-refractivity contribution in [2.45, 2.75) is 66.8 Å². The zero-order chi connectivity index (χ0) is 27.4. The van der Waals surface area contributed by atoms with E-state index in [4.69, 9.17) is 4.98 Å². The molecule has 0 radical (unpaired) electrons. The summed E-state index contributed by atoms with van der Waals surface area (Å²) in [4.78, 5) is 45.3. The zero-order valence-corrected chi connectivity index (χ0v) is 23.9. The van der Waals surface area contributed by atoms with Crippen molar-refractivity contribution >= 4 is 18.2 Å². The summed E-state index contributed by atoms with van der Waals surface area (Å²) >= 11 is 0. The number of aromatic nitrogens is 4. The molecule has 0 unspecified atom stereocenters. The molecule has 206 valence electrons. The summed E-state index contributed by atoms with van der Waals surface area (Å²) in [6.45, 7) is 9.51. The Morgan fingerprint density at radius 1 is 1.03 bits per heavy atom. The molecule has 39 heavy (non-hydrogen) atoms. The predicted octanol–water partition coefficient (Wildman–Crippen LogP) is 5.53. The van der Waals surface area contributed by atoms with Crippen LogP contribution in [0.15, 0.2) is 62.6 Å². The number of hydrogen-bond acceptors (Lipinski definition) is 6. The van der Waals surface area contributed by atoms with Crippen LogP contribution in [0, 0.1) is 12.3 Å². The van der Waals surface area contributed by atoms with Crippen molar-refractivity contribution in [2.75, 3.05) is 0 Å². The largest absolute Gasteiger partial charge is 0.439 e. The Labute approximate surface area is 233 Å². The van der Waals surface area contributed by atoms with Crippen molar-refractivity contribution in [3.8, 4) is 22.5 Å². The van der Waals surface area contributed by atoms with Crippen LogP contribution in [-0.2, 0) is 24.2 Å². The van der Waals surface area contributed by atoms with Gasteiger partial charge in [-0.3, -0.25) is 23.7 Å². The van der Waals surface area contributed by atoms with Crippen molar-refractivity contribution in [1.29, 1.82) is 0 Å². The number of Topliss-reactive ketones (excluding diaryl/α,β-unsaturated/α-hetero) is 1. The number of hydrogen-bond donors (Lipinski definition) is 1. The third-order valence-electron chi connectivity index (χ3n) is 6.71. The molecule has 2 heterocycles. The summed E-state index contributed by atoms with van der Waals surface area (Å²) in [5.74, 6) is 0.324. The van der Waals surface area contributed by atoms with Crippen LogP contribution >= 0.6 is 12.4 Å². The topological polar surface area (TPSA) is 111 Å². The van der Waals surface area contributed by atoms with Crippen molar-refractivity contribution in [2.24, 2.45) is 5.41 Å². The molecule has 0 fully saturated rings. The van der Waals surface area contributed by atoms with Gasteiger partial charge in [-0.15, -0.1) is 12.4 Å². The van der Waals surface area contributed by atoms with E-state index in [0.29, 0.717) is 23.6 Å². The first-order valence-corrected chi connectivity index (χ1v) is 13.0. The van der Waals surface area contributed by atoms with E-state index in [-0.39, 0.29) is 30.3 Å². The van der Waals surface area contributed by atoms with Gasteiger partial charge in [-0.2, -0.15) is 0 Å². The van der Waals surface area contributed by atoms with Crippen LogP contribution < -0.4 is 11.3 Å². The second kappa shape index (κ2) is 12.4. The molecule has 0 saturated heterocycles. The van der Waals surface area contributed by atoms with Gasteiger partial charge in [0.05, 0.1) is 12.2 Å². The molecule has 4 aromatic rings. The monoisotopic (exact) mass is 550 g/mol. The minimum Gasteiger partial charge on any atom is -0.297 e. The van der Waals surface area contributed by atoms with Crippen LogP contribution in [0.2, 0.25) is 0 Å². The number of nitrogens with one attached hydrogen (secondary N) is 1. The number of aryl methyl sites for hydroxylation is 2. The van der Waals surface area contributed by atoms with Gasteiger partial charge in [-0.1, -0.05) is 87.8 Å². The lowest BCUT2D eigenvalue weighted by molar-refractivity contribution is -0.127. The van der Waals surface area contributed by atoms with Crippen LogP contribution in [-0.4, -0.2) is 25.5 Å². The van der Waals surface area contributed by atoms with E-state index in [1.807, 2.05) is 69.3 Å². The number of ketones is 1. The molecule has 0 amide bonds. The van der Waals surface area contributed by atoms with E-state index in [2.05, 4.69) is 21.6 Å². The van der Waals surface area contributed by atoms with Gasteiger partial charge in [0.25, 0.3) is 5.56 Å². The number of H-pyrrole nitrogens is 1. The molecule has 4 rings (SSSR count). The average molecular weight is 551 g/mol. The lowest BCUT2D eigenvalue weighted by Crippen LogP contribution is -2.35. The lowest BCUT2D eigenvalue weighted by Gasteiger charge is -2.20. The zero-order valence-electron chi connectivity index (χ0n) is 23.0. The molecule has 0 spiro atoms. The van der Waals surface area contributed by atoms with Gasteiger partial charge in [0.15, 0.2) is 11.6 Å². The molecule has 0 aliphatic heterocycles. The maximum Gasteiger partial charge on any atom is 0.439 e. The summed E-state index contributed by atoms with van der Waals surface area (Å²) in [5.41, 5.74) is 4.31. The van der Waals surface area contributed by atoms with Gasteiger partial charge in [0, 0.05) is 23.0 Å². The Kier molecular flexibility index (Phi) is 9.45. The first-order valence-electron chi connectivity index (χ1n) is 13.0. The molecular formula is C30H35ClN4O4. The smallest absolute Gasteiger partial charge is 0.297 e. The van der Waals surface area contributed by atoms with Crippen LogP contribution in [0.5, 0.6) is 0 Å². The number of unbranched alkanes of at least 4 members (excludes halogenated alkanes) is 1. The van der Waals surface area contributed by atoms with E-state index >= 15 is 0 Å². The number of benzene rings is 2.